The number of ether oxygens (including phenoxy) is 3. The van der Waals surface area contributed by atoms with Crippen LogP contribution in [0.15, 0.2) is 17.4 Å². The van der Waals surface area contributed by atoms with Gasteiger partial charge in [-0.1, -0.05) is 0 Å². The van der Waals surface area contributed by atoms with Gasteiger partial charge in [0.05, 0.1) is 18.8 Å². The smallest absolute Gasteiger partial charge is 0.303 e. The molecular weight excluding hydrogens is 320 g/mol. The number of hydrogen-bond acceptors (Lipinski definition) is 8. The van der Waals surface area contributed by atoms with Gasteiger partial charge in [0.1, 0.15) is 0 Å². The zero-order valence-corrected chi connectivity index (χ0v) is 13.3. The Bertz CT molecular complexity index is 843. The van der Waals surface area contributed by atoms with Crippen molar-refractivity contribution in [3.8, 4) is 0 Å². The molecule has 1 aliphatic heterocycles. The maximum absolute atomic E-state index is 11.8. The monoisotopic (exact) mass is 336 g/mol. The van der Waals surface area contributed by atoms with Gasteiger partial charge in [0.15, 0.2) is 29.6 Å². The third-order valence-electron chi connectivity index (χ3n) is 3.67. The van der Waals surface area contributed by atoms with Gasteiger partial charge in [0.2, 0.25) is 0 Å². The fourth-order valence-electron chi connectivity index (χ4n) is 2.75. The van der Waals surface area contributed by atoms with E-state index in [1.54, 1.807) is 6.92 Å². The molecule has 1 N–H and O–H groups in total. The number of nitrogens with zero attached hydrogens (tertiary/aromatic N) is 3. The number of aromatic nitrogens is 4. The van der Waals surface area contributed by atoms with Crippen LogP contribution in [0.2, 0.25) is 0 Å². The van der Waals surface area contributed by atoms with E-state index < -0.39 is 42.0 Å². The number of nitrogens with one attached hydrogen (secondary N) is 1. The molecule has 2 aromatic heterocycles. The minimum absolute atomic E-state index is 0.131. The molecule has 3 heterocycles. The van der Waals surface area contributed by atoms with Crippen LogP contribution in [0.5, 0.6) is 0 Å². The van der Waals surface area contributed by atoms with E-state index in [1.807, 2.05) is 0 Å². The Labute approximate surface area is 135 Å². The van der Waals surface area contributed by atoms with Crippen LogP contribution >= 0.6 is 0 Å². The van der Waals surface area contributed by atoms with E-state index in [9.17, 15) is 14.4 Å². The molecule has 1 fully saturated rings. The number of carbonyl (C=O) groups is 2. The summed E-state index contributed by atoms with van der Waals surface area (Å²) in [5.74, 6) is -1.06. The van der Waals surface area contributed by atoms with Crippen molar-refractivity contribution < 1.29 is 23.8 Å². The van der Waals surface area contributed by atoms with Gasteiger partial charge in [-0.15, -0.1) is 0 Å². The Balaban J connectivity index is 2.03. The Morgan fingerprint density at radius 2 is 1.88 bits per heavy atom. The second-order valence-electron chi connectivity index (χ2n) is 5.44. The lowest BCUT2D eigenvalue weighted by atomic mass is 10.1. The van der Waals surface area contributed by atoms with Gasteiger partial charge in [0.25, 0.3) is 5.56 Å². The van der Waals surface area contributed by atoms with Gasteiger partial charge < -0.3 is 19.2 Å². The van der Waals surface area contributed by atoms with Gasteiger partial charge in [0, 0.05) is 13.8 Å². The fourth-order valence-corrected chi connectivity index (χ4v) is 2.75. The van der Waals surface area contributed by atoms with Crippen LogP contribution in [0.4, 0.5) is 0 Å². The van der Waals surface area contributed by atoms with Crippen LogP contribution < -0.4 is 5.56 Å². The molecule has 0 unspecified atom stereocenters. The van der Waals surface area contributed by atoms with E-state index in [0.29, 0.717) is 0 Å². The van der Waals surface area contributed by atoms with Crippen LogP contribution in [-0.2, 0) is 23.8 Å². The second kappa shape index (κ2) is 6.04. The number of hydrogen-bond donors (Lipinski definition) is 1. The molecular formula is C14H16N4O6. The highest BCUT2D eigenvalue weighted by molar-refractivity contribution is 5.69. The van der Waals surface area contributed by atoms with Crippen molar-refractivity contribution >= 4 is 23.1 Å². The third-order valence-corrected chi connectivity index (χ3v) is 3.67. The topological polar surface area (TPSA) is 125 Å². The molecule has 24 heavy (non-hydrogen) atoms. The number of carbonyl (C=O) groups excluding carboxylic acids is 2. The minimum Gasteiger partial charge on any atom is -0.456 e. The summed E-state index contributed by atoms with van der Waals surface area (Å²) >= 11 is 0. The van der Waals surface area contributed by atoms with Crippen LogP contribution in [0.25, 0.3) is 11.2 Å². The van der Waals surface area contributed by atoms with Gasteiger partial charge in [-0.25, -0.2) is 9.97 Å². The van der Waals surface area contributed by atoms with Gasteiger partial charge in [-0.05, 0) is 6.92 Å². The fraction of sp³-hybridized carbons (Fsp3) is 0.500. The van der Waals surface area contributed by atoms with Crippen molar-refractivity contribution in [1.82, 2.24) is 19.5 Å². The van der Waals surface area contributed by atoms with Crippen LogP contribution in [0.1, 0.15) is 27.0 Å². The Kier molecular flexibility index (Phi) is 4.06. The average molecular weight is 336 g/mol. The molecule has 2 aromatic rings. The maximum atomic E-state index is 11.8. The zero-order chi connectivity index (χ0) is 17.4. The first-order chi connectivity index (χ1) is 11.4. The van der Waals surface area contributed by atoms with Crippen molar-refractivity contribution in [3.05, 3.63) is 23.0 Å². The molecule has 10 nitrogen and oxygen atoms in total. The number of rotatable bonds is 3. The Morgan fingerprint density at radius 1 is 1.21 bits per heavy atom. The molecule has 0 amide bonds. The van der Waals surface area contributed by atoms with E-state index in [2.05, 4.69) is 15.0 Å². The summed E-state index contributed by atoms with van der Waals surface area (Å²) in [6.45, 7) is 4.21. The van der Waals surface area contributed by atoms with Crippen LogP contribution in [-0.4, -0.2) is 49.8 Å². The largest absolute Gasteiger partial charge is 0.456 e. The summed E-state index contributed by atoms with van der Waals surface area (Å²) in [7, 11) is 0. The number of aromatic amines is 1. The molecule has 128 valence electrons. The van der Waals surface area contributed by atoms with E-state index in [0.717, 1.165) is 0 Å². The quantitative estimate of drug-likeness (QED) is 0.770. The molecule has 4 atom stereocenters. The normalized spacial score (nSPS) is 26.5. The van der Waals surface area contributed by atoms with Crippen LogP contribution in [0.3, 0.4) is 0 Å². The lowest BCUT2D eigenvalue weighted by Crippen LogP contribution is -2.38. The number of fused-ring (bicyclic) bond motifs is 1. The SMILES string of the molecule is CC(=O)O[C@H]1[C@H](OC(C)=O)[C@H](n2cnc3c(=O)[nH]cnc32)O[C@H]1C. The van der Waals surface area contributed by atoms with Crippen molar-refractivity contribution in [3.63, 3.8) is 0 Å². The zero-order valence-electron chi connectivity index (χ0n) is 13.3. The second-order valence-corrected chi connectivity index (χ2v) is 5.44. The minimum atomic E-state index is -0.889. The Morgan fingerprint density at radius 3 is 2.54 bits per heavy atom. The molecule has 0 aliphatic carbocycles. The predicted molar refractivity (Wildman–Crippen MR) is 78.8 cm³/mol. The third kappa shape index (κ3) is 2.75. The van der Waals surface area contributed by atoms with Crippen LogP contribution in [0, 0.1) is 0 Å². The van der Waals surface area contributed by atoms with Gasteiger partial charge >= 0.3 is 11.9 Å². The van der Waals surface area contributed by atoms with Crippen molar-refractivity contribution in [2.45, 2.75) is 45.3 Å². The first-order valence-electron chi connectivity index (χ1n) is 7.28. The van der Waals surface area contributed by atoms with Gasteiger partial charge in [-0.3, -0.25) is 19.0 Å². The first kappa shape index (κ1) is 16.1. The molecule has 3 rings (SSSR count). The molecule has 0 bridgehead atoms. The van der Waals surface area contributed by atoms with Crippen molar-refractivity contribution in [1.29, 1.82) is 0 Å². The standard InChI is InChI=1S/C14H16N4O6/c1-6-10(23-7(2)19)11(24-8(3)20)14(22-6)18-5-17-9-12(18)15-4-16-13(9)21/h4-6,10-11,14H,1-3H3,(H,15,16,21)/t6-,10+,11-,14+/m0/s1. The van der Waals surface area contributed by atoms with E-state index in [4.69, 9.17) is 14.2 Å². The highest BCUT2D eigenvalue weighted by Crippen LogP contribution is 2.34. The van der Waals surface area contributed by atoms with Crippen molar-refractivity contribution in [2.24, 2.45) is 0 Å². The Hall–Kier alpha value is -2.75. The van der Waals surface area contributed by atoms with E-state index in [-0.39, 0.29) is 11.2 Å². The molecule has 0 spiro atoms. The number of imidazole rings is 1. The summed E-state index contributed by atoms with van der Waals surface area (Å²) in [6.07, 6.45) is -0.409. The summed E-state index contributed by atoms with van der Waals surface area (Å²) in [6, 6.07) is 0. The number of H-pyrrole nitrogens is 1. The predicted octanol–water partition coefficient (Wildman–Crippen LogP) is -0.0997. The molecule has 0 aromatic carbocycles. The summed E-state index contributed by atoms with van der Waals surface area (Å²) in [5, 5.41) is 0. The van der Waals surface area contributed by atoms with E-state index in [1.165, 1.54) is 31.1 Å². The molecule has 10 heteroatoms. The molecule has 0 saturated carbocycles. The highest BCUT2D eigenvalue weighted by atomic mass is 16.6. The first-order valence-corrected chi connectivity index (χ1v) is 7.28. The lowest BCUT2D eigenvalue weighted by Gasteiger charge is -2.23. The van der Waals surface area contributed by atoms with Gasteiger partial charge in [-0.2, -0.15) is 0 Å². The highest BCUT2D eigenvalue weighted by Gasteiger charge is 2.48. The summed E-state index contributed by atoms with van der Waals surface area (Å²) < 4.78 is 17.8. The van der Waals surface area contributed by atoms with Crippen molar-refractivity contribution in [2.75, 3.05) is 0 Å². The molecule has 1 saturated heterocycles. The summed E-state index contributed by atoms with van der Waals surface area (Å²) in [5.41, 5.74) is 0.00760. The van der Waals surface area contributed by atoms with E-state index >= 15 is 0 Å². The lowest BCUT2D eigenvalue weighted by molar-refractivity contribution is -0.165. The maximum Gasteiger partial charge on any atom is 0.303 e. The average Bonchev–Trinajstić information content (AvgIpc) is 3.03. The molecule has 0 radical (unpaired) electrons. The summed E-state index contributed by atoms with van der Waals surface area (Å²) in [4.78, 5) is 45.1. The molecule has 1 aliphatic rings. The number of esters is 2.